The molecule has 0 spiro atoms. The molecule has 0 aliphatic carbocycles. The van der Waals surface area contributed by atoms with Crippen molar-refractivity contribution in [1.29, 1.82) is 0 Å². The average Bonchev–Trinajstić information content (AvgIpc) is 2.75. The number of carboxylic acid groups (broad SMARTS) is 1. The van der Waals surface area contributed by atoms with Gasteiger partial charge in [-0.05, 0) is 30.2 Å². The number of aromatic nitrogens is 2. The number of benzene rings is 1. The molecule has 94 valence electrons. The van der Waals surface area contributed by atoms with Crippen molar-refractivity contribution in [2.45, 2.75) is 11.3 Å². The number of rotatable bonds is 5. The van der Waals surface area contributed by atoms with Crippen molar-refractivity contribution in [1.82, 2.24) is 9.78 Å². The Morgan fingerprint density at radius 1 is 1.50 bits per heavy atom. The largest absolute Gasteiger partial charge is 0.478 e. The highest BCUT2D eigenvalue weighted by Crippen LogP contribution is 2.20. The number of aryl methyl sites for hydroxylation is 2. The molecule has 18 heavy (non-hydrogen) atoms. The second kappa shape index (κ2) is 5.73. The van der Waals surface area contributed by atoms with Crippen LogP contribution >= 0.6 is 11.8 Å². The van der Waals surface area contributed by atoms with E-state index in [2.05, 4.69) is 5.10 Å². The molecule has 1 N–H and O–H groups in total. The lowest BCUT2D eigenvalue weighted by Crippen LogP contribution is -1.95. The zero-order valence-corrected chi connectivity index (χ0v) is 10.9. The predicted molar refractivity (Wildman–Crippen MR) is 71.0 cm³/mol. The van der Waals surface area contributed by atoms with E-state index in [-0.39, 0.29) is 0 Å². The molecule has 1 aromatic heterocycles. The van der Waals surface area contributed by atoms with Crippen molar-refractivity contribution in [3.8, 4) is 0 Å². The van der Waals surface area contributed by atoms with E-state index in [1.165, 1.54) is 5.56 Å². The summed E-state index contributed by atoms with van der Waals surface area (Å²) in [6.07, 6.45) is 4.78. The number of hydrogen-bond acceptors (Lipinski definition) is 3. The quantitative estimate of drug-likeness (QED) is 0.841. The van der Waals surface area contributed by atoms with Crippen molar-refractivity contribution >= 4 is 17.7 Å². The first-order valence-electron chi connectivity index (χ1n) is 5.59. The highest BCUT2D eigenvalue weighted by atomic mass is 32.2. The predicted octanol–water partition coefficient (Wildman–Crippen LogP) is 2.45. The van der Waals surface area contributed by atoms with E-state index in [1.807, 2.05) is 25.5 Å². The first-order valence-corrected chi connectivity index (χ1v) is 6.57. The van der Waals surface area contributed by atoms with E-state index in [1.54, 1.807) is 34.6 Å². The smallest absolute Gasteiger partial charge is 0.335 e. The molecule has 1 aromatic carbocycles. The summed E-state index contributed by atoms with van der Waals surface area (Å²) in [6.45, 7) is 0. The zero-order valence-electron chi connectivity index (χ0n) is 10.0. The molecule has 5 heteroatoms. The highest BCUT2D eigenvalue weighted by molar-refractivity contribution is 7.99. The third-order valence-corrected chi connectivity index (χ3v) is 3.49. The lowest BCUT2D eigenvalue weighted by Gasteiger charge is -2.01. The minimum atomic E-state index is -0.885. The van der Waals surface area contributed by atoms with Gasteiger partial charge >= 0.3 is 5.97 Å². The second-order valence-electron chi connectivity index (χ2n) is 3.95. The monoisotopic (exact) mass is 262 g/mol. The number of hydrogen-bond donors (Lipinski definition) is 1. The average molecular weight is 262 g/mol. The fraction of sp³-hybridized carbons (Fsp3) is 0.231. The van der Waals surface area contributed by atoms with Crippen LogP contribution in [0.5, 0.6) is 0 Å². The summed E-state index contributed by atoms with van der Waals surface area (Å²) in [4.78, 5) is 11.8. The lowest BCUT2D eigenvalue weighted by atomic mass is 10.2. The first kappa shape index (κ1) is 12.7. The molecular weight excluding hydrogens is 248 g/mol. The van der Waals surface area contributed by atoms with Crippen LogP contribution in [0.4, 0.5) is 0 Å². The van der Waals surface area contributed by atoms with Crippen LogP contribution in [0.2, 0.25) is 0 Å². The van der Waals surface area contributed by atoms with Crippen molar-refractivity contribution in [3.63, 3.8) is 0 Å². The maximum atomic E-state index is 10.8. The molecule has 0 fully saturated rings. The molecule has 0 atom stereocenters. The number of thioether (sulfide) groups is 1. The Kier molecular flexibility index (Phi) is 4.04. The van der Waals surface area contributed by atoms with Crippen molar-refractivity contribution in [2.75, 3.05) is 5.75 Å². The number of nitrogens with zero attached hydrogens (tertiary/aromatic N) is 2. The van der Waals surface area contributed by atoms with Gasteiger partial charge in [0.05, 0.1) is 11.8 Å². The molecule has 2 rings (SSSR count). The van der Waals surface area contributed by atoms with Crippen LogP contribution in [0.3, 0.4) is 0 Å². The van der Waals surface area contributed by atoms with Crippen LogP contribution in [0.25, 0.3) is 0 Å². The van der Waals surface area contributed by atoms with Gasteiger partial charge in [0.1, 0.15) is 0 Å². The van der Waals surface area contributed by atoms with Crippen molar-refractivity contribution < 1.29 is 9.90 Å². The lowest BCUT2D eigenvalue weighted by molar-refractivity contribution is 0.0696. The SMILES string of the molecule is Cn1cc(CCSc2cccc(C(=O)O)c2)cn1. The Balaban J connectivity index is 1.90. The molecule has 0 aliphatic heterocycles. The fourth-order valence-corrected chi connectivity index (χ4v) is 2.57. The Morgan fingerprint density at radius 3 is 3.00 bits per heavy atom. The minimum Gasteiger partial charge on any atom is -0.478 e. The molecule has 0 aliphatic rings. The van der Waals surface area contributed by atoms with Gasteiger partial charge in [-0.15, -0.1) is 11.8 Å². The molecule has 0 radical (unpaired) electrons. The van der Waals surface area contributed by atoms with E-state index in [9.17, 15) is 4.79 Å². The summed E-state index contributed by atoms with van der Waals surface area (Å²) in [5, 5.41) is 13.0. The second-order valence-corrected chi connectivity index (χ2v) is 5.12. The Hall–Kier alpha value is -1.75. The van der Waals surface area contributed by atoms with Gasteiger partial charge in [0.2, 0.25) is 0 Å². The van der Waals surface area contributed by atoms with Crippen LogP contribution in [-0.2, 0) is 13.5 Å². The Labute approximate surface area is 110 Å². The first-order chi connectivity index (χ1) is 8.65. The summed E-state index contributed by atoms with van der Waals surface area (Å²) in [5.74, 6) is 0.0269. The summed E-state index contributed by atoms with van der Waals surface area (Å²) in [5.41, 5.74) is 1.53. The molecule has 0 amide bonds. The van der Waals surface area contributed by atoms with Gasteiger partial charge in [-0.1, -0.05) is 6.07 Å². The van der Waals surface area contributed by atoms with Gasteiger partial charge in [-0.3, -0.25) is 4.68 Å². The minimum absolute atomic E-state index is 0.335. The van der Waals surface area contributed by atoms with Crippen molar-refractivity contribution in [2.24, 2.45) is 7.05 Å². The maximum absolute atomic E-state index is 10.8. The number of carboxylic acids is 1. The van der Waals surface area contributed by atoms with Gasteiger partial charge in [0.15, 0.2) is 0 Å². The van der Waals surface area contributed by atoms with Crippen LogP contribution < -0.4 is 0 Å². The third-order valence-electron chi connectivity index (χ3n) is 2.50. The summed E-state index contributed by atoms with van der Waals surface area (Å²) >= 11 is 1.66. The summed E-state index contributed by atoms with van der Waals surface area (Å²) < 4.78 is 1.78. The molecule has 2 aromatic rings. The van der Waals surface area contributed by atoms with Crippen LogP contribution in [0.1, 0.15) is 15.9 Å². The molecule has 4 nitrogen and oxygen atoms in total. The molecule has 0 unspecified atom stereocenters. The van der Waals surface area contributed by atoms with Gasteiger partial charge in [-0.2, -0.15) is 5.10 Å². The van der Waals surface area contributed by atoms with E-state index in [0.29, 0.717) is 5.56 Å². The van der Waals surface area contributed by atoms with Crippen LogP contribution in [-0.4, -0.2) is 26.6 Å². The van der Waals surface area contributed by atoms with E-state index >= 15 is 0 Å². The number of carbonyl (C=O) groups is 1. The van der Waals surface area contributed by atoms with E-state index in [0.717, 1.165) is 17.1 Å². The van der Waals surface area contributed by atoms with Gasteiger partial charge in [-0.25, -0.2) is 4.79 Å². The Bertz CT molecular complexity index is 551. The highest BCUT2D eigenvalue weighted by Gasteiger charge is 2.03. The molecule has 0 saturated heterocycles. The zero-order chi connectivity index (χ0) is 13.0. The molecular formula is C13H14N2O2S. The van der Waals surface area contributed by atoms with Gasteiger partial charge in [0, 0.05) is 23.9 Å². The topological polar surface area (TPSA) is 55.1 Å². The van der Waals surface area contributed by atoms with Gasteiger partial charge < -0.3 is 5.11 Å². The normalized spacial score (nSPS) is 10.5. The molecule has 0 saturated carbocycles. The maximum Gasteiger partial charge on any atom is 0.335 e. The summed E-state index contributed by atoms with van der Waals surface area (Å²) in [6, 6.07) is 7.01. The standard InChI is InChI=1S/C13H14N2O2S/c1-15-9-10(8-14-15)5-6-18-12-4-2-3-11(7-12)13(16)17/h2-4,7-9H,5-6H2,1H3,(H,16,17). The van der Waals surface area contributed by atoms with Crippen molar-refractivity contribution in [3.05, 3.63) is 47.8 Å². The Morgan fingerprint density at radius 2 is 2.33 bits per heavy atom. The fourth-order valence-electron chi connectivity index (χ4n) is 1.61. The van der Waals surface area contributed by atoms with Crippen LogP contribution in [0.15, 0.2) is 41.6 Å². The molecule has 1 heterocycles. The number of aromatic carboxylic acids is 1. The van der Waals surface area contributed by atoms with Crippen LogP contribution in [0, 0.1) is 0 Å². The summed E-state index contributed by atoms with van der Waals surface area (Å²) in [7, 11) is 1.90. The van der Waals surface area contributed by atoms with E-state index < -0.39 is 5.97 Å². The third kappa shape index (κ3) is 3.37. The van der Waals surface area contributed by atoms with E-state index in [4.69, 9.17) is 5.11 Å². The van der Waals surface area contributed by atoms with Gasteiger partial charge in [0.25, 0.3) is 0 Å². The molecule has 0 bridgehead atoms.